The molecule has 0 saturated carbocycles. The summed E-state index contributed by atoms with van der Waals surface area (Å²) in [7, 11) is 1.94. The fourth-order valence-corrected chi connectivity index (χ4v) is 1.84. The lowest BCUT2D eigenvalue weighted by Crippen LogP contribution is -2.43. The van der Waals surface area contributed by atoms with Crippen molar-refractivity contribution in [3.63, 3.8) is 0 Å². The second kappa shape index (κ2) is 4.83. The van der Waals surface area contributed by atoms with Crippen LogP contribution in [0.1, 0.15) is 26.5 Å². The molecule has 0 bridgehead atoms. The molecule has 0 fully saturated rings. The molecule has 0 aliphatic rings. The normalized spacial score (nSPS) is 13.8. The van der Waals surface area contributed by atoms with Crippen LogP contribution < -0.4 is 10.9 Å². The summed E-state index contributed by atoms with van der Waals surface area (Å²) in [5, 5.41) is 3.29. The monoisotopic (exact) mass is 222 g/mol. The summed E-state index contributed by atoms with van der Waals surface area (Å²) in [5.41, 5.74) is 1.22. The third-order valence-corrected chi connectivity index (χ3v) is 3.03. The molecule has 0 aliphatic carbocycles. The molecule has 1 heterocycles. The number of aryl methyl sites for hydroxylation is 1. The minimum atomic E-state index is 0.0736. The van der Waals surface area contributed by atoms with Gasteiger partial charge in [0.05, 0.1) is 0 Å². The Morgan fingerprint density at radius 1 is 1.38 bits per heavy atom. The van der Waals surface area contributed by atoms with Gasteiger partial charge in [-0.15, -0.1) is 0 Å². The van der Waals surface area contributed by atoms with Gasteiger partial charge >= 0.3 is 0 Å². The van der Waals surface area contributed by atoms with Crippen LogP contribution in [0.2, 0.25) is 0 Å². The number of hydrogen-bond acceptors (Lipinski definition) is 2. The van der Waals surface area contributed by atoms with Crippen molar-refractivity contribution in [2.45, 2.75) is 40.3 Å². The Hall–Kier alpha value is -1.09. The van der Waals surface area contributed by atoms with Crippen LogP contribution in [0.25, 0.3) is 0 Å². The Bertz CT molecular complexity index is 401. The van der Waals surface area contributed by atoms with Gasteiger partial charge in [0.2, 0.25) is 0 Å². The molecule has 3 nitrogen and oxygen atoms in total. The van der Waals surface area contributed by atoms with E-state index in [4.69, 9.17) is 0 Å². The van der Waals surface area contributed by atoms with E-state index in [1.807, 2.05) is 24.6 Å². The molecule has 1 aromatic heterocycles. The molecule has 0 amide bonds. The lowest BCUT2D eigenvalue weighted by atomic mass is 9.86. The van der Waals surface area contributed by atoms with E-state index in [1.165, 1.54) is 0 Å². The molecule has 90 valence electrons. The maximum Gasteiger partial charge on any atom is 0.250 e. The number of aromatic nitrogens is 1. The Labute approximate surface area is 97.5 Å². The van der Waals surface area contributed by atoms with E-state index in [0.717, 1.165) is 5.69 Å². The largest absolute Gasteiger partial charge is 0.315 e. The second-order valence-electron chi connectivity index (χ2n) is 5.32. The van der Waals surface area contributed by atoms with E-state index in [0.29, 0.717) is 6.54 Å². The minimum absolute atomic E-state index is 0.0736. The fraction of sp³-hybridized carbons (Fsp3) is 0.615. The Kier molecular flexibility index (Phi) is 3.92. The molecule has 3 heteroatoms. The third kappa shape index (κ3) is 2.95. The first-order valence-electron chi connectivity index (χ1n) is 5.70. The lowest BCUT2D eigenvalue weighted by molar-refractivity contribution is 0.251. The third-order valence-electron chi connectivity index (χ3n) is 3.03. The van der Waals surface area contributed by atoms with E-state index in [-0.39, 0.29) is 17.0 Å². The molecular formula is C13H22N2O. The molecule has 0 aromatic carbocycles. The van der Waals surface area contributed by atoms with Crippen LogP contribution in [0.5, 0.6) is 0 Å². The van der Waals surface area contributed by atoms with E-state index < -0.39 is 0 Å². The highest BCUT2D eigenvalue weighted by atomic mass is 16.1. The van der Waals surface area contributed by atoms with Gasteiger partial charge in [0, 0.05) is 24.3 Å². The number of pyridine rings is 1. The van der Waals surface area contributed by atoms with Crippen LogP contribution in [0.3, 0.4) is 0 Å². The van der Waals surface area contributed by atoms with Crippen LogP contribution in [0, 0.1) is 12.3 Å². The molecule has 0 radical (unpaired) electrons. The molecule has 0 aliphatic heterocycles. The Morgan fingerprint density at radius 3 is 2.44 bits per heavy atom. The maximum absolute atomic E-state index is 11.8. The summed E-state index contributed by atoms with van der Waals surface area (Å²) in [6.07, 6.45) is 0. The Balaban J connectivity index is 3.00. The van der Waals surface area contributed by atoms with Crippen molar-refractivity contribution in [1.82, 2.24) is 9.88 Å². The molecule has 16 heavy (non-hydrogen) atoms. The van der Waals surface area contributed by atoms with E-state index in [9.17, 15) is 4.79 Å². The topological polar surface area (TPSA) is 34.0 Å². The van der Waals surface area contributed by atoms with Crippen LogP contribution in [-0.2, 0) is 6.54 Å². The summed E-state index contributed by atoms with van der Waals surface area (Å²) >= 11 is 0. The van der Waals surface area contributed by atoms with Crippen molar-refractivity contribution in [1.29, 1.82) is 0 Å². The number of nitrogens with one attached hydrogen (secondary N) is 1. The van der Waals surface area contributed by atoms with Gasteiger partial charge in [-0.25, -0.2) is 0 Å². The first kappa shape index (κ1) is 13.0. The molecule has 1 N–H and O–H groups in total. The van der Waals surface area contributed by atoms with Crippen molar-refractivity contribution in [2.24, 2.45) is 5.41 Å². The average molecular weight is 222 g/mol. The summed E-state index contributed by atoms with van der Waals surface area (Å²) in [5.74, 6) is 0. The maximum atomic E-state index is 11.8. The van der Waals surface area contributed by atoms with Crippen molar-refractivity contribution >= 4 is 0 Å². The number of rotatable bonds is 3. The highest BCUT2D eigenvalue weighted by molar-refractivity contribution is 5.05. The molecule has 1 rings (SSSR count). The molecular weight excluding hydrogens is 200 g/mol. The highest BCUT2D eigenvalue weighted by Crippen LogP contribution is 2.20. The van der Waals surface area contributed by atoms with Crippen molar-refractivity contribution in [2.75, 3.05) is 7.05 Å². The molecule has 1 atom stereocenters. The first-order valence-corrected chi connectivity index (χ1v) is 5.70. The van der Waals surface area contributed by atoms with Crippen molar-refractivity contribution < 1.29 is 0 Å². The van der Waals surface area contributed by atoms with Crippen LogP contribution in [0.4, 0.5) is 0 Å². The molecule has 1 aromatic rings. The molecule has 0 saturated heterocycles. The predicted molar refractivity (Wildman–Crippen MR) is 67.7 cm³/mol. The highest BCUT2D eigenvalue weighted by Gasteiger charge is 2.23. The smallest absolute Gasteiger partial charge is 0.250 e. The SMILES string of the molecule is CNC(Cn1c(C)cccc1=O)C(C)(C)C. The molecule has 0 spiro atoms. The minimum Gasteiger partial charge on any atom is -0.315 e. The fourth-order valence-electron chi connectivity index (χ4n) is 1.84. The van der Waals surface area contributed by atoms with Gasteiger partial charge in [0.15, 0.2) is 0 Å². The zero-order chi connectivity index (χ0) is 12.3. The summed E-state index contributed by atoms with van der Waals surface area (Å²) in [4.78, 5) is 11.8. The summed E-state index contributed by atoms with van der Waals surface area (Å²) < 4.78 is 1.83. The van der Waals surface area contributed by atoms with E-state index in [1.54, 1.807) is 12.1 Å². The first-order chi connectivity index (χ1) is 7.36. The van der Waals surface area contributed by atoms with Crippen LogP contribution in [0.15, 0.2) is 23.0 Å². The second-order valence-corrected chi connectivity index (χ2v) is 5.32. The van der Waals surface area contributed by atoms with Gasteiger partial charge in [-0.1, -0.05) is 26.8 Å². The zero-order valence-corrected chi connectivity index (χ0v) is 10.9. The number of likely N-dealkylation sites (N-methyl/N-ethyl adjacent to an activating group) is 1. The predicted octanol–water partition coefficient (Wildman–Crippen LogP) is 1.79. The Morgan fingerprint density at radius 2 is 2.00 bits per heavy atom. The van der Waals surface area contributed by atoms with Gasteiger partial charge in [0.1, 0.15) is 0 Å². The van der Waals surface area contributed by atoms with Crippen LogP contribution in [-0.4, -0.2) is 17.7 Å². The standard InChI is InChI=1S/C13H22N2O/c1-10-7-6-8-12(16)15(10)9-11(14-5)13(2,3)4/h6-8,11,14H,9H2,1-5H3. The van der Waals surface area contributed by atoms with Gasteiger partial charge < -0.3 is 9.88 Å². The number of nitrogens with zero attached hydrogens (tertiary/aromatic N) is 1. The average Bonchev–Trinajstić information content (AvgIpc) is 2.15. The van der Waals surface area contributed by atoms with Crippen molar-refractivity contribution in [3.05, 3.63) is 34.2 Å². The van der Waals surface area contributed by atoms with Crippen molar-refractivity contribution in [3.8, 4) is 0 Å². The van der Waals surface area contributed by atoms with E-state index >= 15 is 0 Å². The summed E-state index contributed by atoms with van der Waals surface area (Å²) in [6, 6.07) is 5.67. The zero-order valence-electron chi connectivity index (χ0n) is 10.9. The van der Waals surface area contributed by atoms with Gasteiger partial charge in [-0.05, 0) is 25.5 Å². The lowest BCUT2D eigenvalue weighted by Gasteiger charge is -2.31. The number of hydrogen-bond donors (Lipinski definition) is 1. The van der Waals surface area contributed by atoms with Gasteiger partial charge in [-0.3, -0.25) is 4.79 Å². The van der Waals surface area contributed by atoms with Gasteiger partial charge in [-0.2, -0.15) is 0 Å². The quantitative estimate of drug-likeness (QED) is 0.846. The van der Waals surface area contributed by atoms with Crippen LogP contribution >= 0.6 is 0 Å². The van der Waals surface area contributed by atoms with E-state index in [2.05, 4.69) is 26.1 Å². The summed E-state index contributed by atoms with van der Waals surface area (Å²) in [6.45, 7) is 9.22. The molecule has 1 unspecified atom stereocenters. The van der Waals surface area contributed by atoms with Gasteiger partial charge in [0.25, 0.3) is 5.56 Å².